The van der Waals surface area contributed by atoms with E-state index in [0.29, 0.717) is 0 Å². The largest absolute Gasteiger partial charge is 0.0984 e. The predicted molar refractivity (Wildman–Crippen MR) is 82.2 cm³/mol. The summed E-state index contributed by atoms with van der Waals surface area (Å²) in [6, 6.07) is 0. The Hall–Kier alpha value is -1.30. The van der Waals surface area contributed by atoms with Crippen LogP contribution in [0.2, 0.25) is 0 Å². The second-order valence-electron chi connectivity index (χ2n) is 4.10. The minimum Gasteiger partial charge on any atom is -0.0984 e. The molecule has 0 aromatic carbocycles. The van der Waals surface area contributed by atoms with Crippen LogP contribution in [0.3, 0.4) is 0 Å². The van der Waals surface area contributed by atoms with Crippen LogP contribution in [0, 0.1) is 5.41 Å². The molecule has 0 amide bonds. The maximum absolute atomic E-state index is 3.83. The molecule has 0 atom stereocenters. The lowest BCUT2D eigenvalue weighted by molar-refractivity contribution is 0.627. The second kappa shape index (κ2) is 8.81. The van der Waals surface area contributed by atoms with Gasteiger partial charge in [0.05, 0.1) is 0 Å². The zero-order valence-corrected chi connectivity index (χ0v) is 11.2. The maximum atomic E-state index is 3.83. The average Bonchev–Trinajstić information content (AvgIpc) is 2.42. The van der Waals surface area contributed by atoms with E-state index in [1.54, 1.807) is 0 Å². The highest BCUT2D eigenvalue weighted by atomic mass is 14.2. The van der Waals surface area contributed by atoms with Gasteiger partial charge in [0.2, 0.25) is 0 Å². The van der Waals surface area contributed by atoms with Crippen molar-refractivity contribution in [1.29, 1.82) is 0 Å². The van der Waals surface area contributed by atoms with Gasteiger partial charge in [0.15, 0.2) is 0 Å². The number of rotatable bonds is 2. The lowest BCUT2D eigenvalue weighted by atomic mass is 9.93. The van der Waals surface area contributed by atoms with E-state index in [1.807, 2.05) is 26.8 Å². The molecule has 0 aromatic heterocycles. The monoisotopic (exact) mass is 232 g/mol. The number of hydrogen-bond acceptors (Lipinski definition) is 0. The Morgan fingerprint density at radius 2 is 1.53 bits per heavy atom. The Balaban J connectivity index is 0. The van der Waals surface area contributed by atoms with E-state index in [-0.39, 0.29) is 12.8 Å². The van der Waals surface area contributed by atoms with Crippen LogP contribution >= 0.6 is 0 Å². The van der Waals surface area contributed by atoms with Crippen molar-refractivity contribution < 1.29 is 0 Å². The van der Waals surface area contributed by atoms with Crippen LogP contribution in [-0.4, -0.2) is 0 Å². The molecule has 0 nitrogen and oxygen atoms in total. The van der Waals surface area contributed by atoms with Crippen LogP contribution < -0.4 is 0 Å². The van der Waals surface area contributed by atoms with Crippen molar-refractivity contribution >= 4 is 0 Å². The van der Waals surface area contributed by atoms with E-state index in [9.17, 15) is 0 Å². The summed E-state index contributed by atoms with van der Waals surface area (Å²) in [6.45, 7) is 14.2. The third-order valence-corrected chi connectivity index (χ3v) is 2.28. The molecule has 0 radical (unpaired) electrons. The molecule has 0 aliphatic heterocycles. The van der Waals surface area contributed by atoms with E-state index in [4.69, 9.17) is 0 Å². The van der Waals surface area contributed by atoms with E-state index >= 15 is 0 Å². The summed E-state index contributed by atoms with van der Waals surface area (Å²) in [5.74, 6) is 0. The van der Waals surface area contributed by atoms with Gasteiger partial charge in [0, 0.05) is 5.41 Å². The molecule has 1 aliphatic carbocycles. The lowest BCUT2D eigenvalue weighted by Gasteiger charge is -2.12. The van der Waals surface area contributed by atoms with Gasteiger partial charge in [-0.05, 0) is 18.1 Å². The Morgan fingerprint density at radius 3 is 1.94 bits per heavy atom. The molecule has 0 saturated carbocycles. The van der Waals surface area contributed by atoms with Crippen LogP contribution in [-0.2, 0) is 0 Å². The summed E-state index contributed by atoms with van der Waals surface area (Å²) in [5.41, 5.74) is 2.55. The summed E-state index contributed by atoms with van der Waals surface area (Å²) >= 11 is 0. The summed E-state index contributed by atoms with van der Waals surface area (Å²) in [4.78, 5) is 0. The first-order valence-electron chi connectivity index (χ1n) is 5.97. The number of hydrogen-bond donors (Lipinski definition) is 0. The van der Waals surface area contributed by atoms with Gasteiger partial charge in [0.25, 0.3) is 0 Å². The molecule has 0 bridgehead atoms. The van der Waals surface area contributed by atoms with E-state index < -0.39 is 0 Å². The molecule has 0 heterocycles. The SMILES string of the molecule is C.C=CC1=C(/C=C\C)C=CC(C)(C)C=C1.CC. The van der Waals surface area contributed by atoms with E-state index in [1.165, 1.54) is 11.1 Å². The topological polar surface area (TPSA) is 0 Å². The molecule has 0 fully saturated rings. The highest BCUT2D eigenvalue weighted by Crippen LogP contribution is 2.26. The fourth-order valence-electron chi connectivity index (χ4n) is 1.37. The molecular weight excluding hydrogens is 204 g/mol. The van der Waals surface area contributed by atoms with Crippen LogP contribution in [0.4, 0.5) is 0 Å². The zero-order chi connectivity index (χ0) is 12.6. The molecule has 0 saturated heterocycles. The molecule has 17 heavy (non-hydrogen) atoms. The van der Waals surface area contributed by atoms with Crippen molar-refractivity contribution in [3.05, 3.63) is 60.3 Å². The van der Waals surface area contributed by atoms with Crippen molar-refractivity contribution in [3.8, 4) is 0 Å². The minimum absolute atomic E-state index is 0. The van der Waals surface area contributed by atoms with Gasteiger partial charge in [-0.15, -0.1) is 0 Å². The van der Waals surface area contributed by atoms with Gasteiger partial charge < -0.3 is 0 Å². The first-order chi connectivity index (χ1) is 7.59. The quantitative estimate of drug-likeness (QED) is 0.559. The highest BCUT2D eigenvalue weighted by molar-refractivity contribution is 5.48. The maximum Gasteiger partial charge on any atom is 0.00111 e. The summed E-state index contributed by atoms with van der Waals surface area (Å²) in [5, 5.41) is 0. The molecular formula is C17H28. The van der Waals surface area contributed by atoms with Gasteiger partial charge >= 0.3 is 0 Å². The van der Waals surface area contributed by atoms with Gasteiger partial charge in [-0.1, -0.05) is 84.2 Å². The molecule has 0 heteroatoms. The van der Waals surface area contributed by atoms with Crippen molar-refractivity contribution in [2.45, 2.75) is 42.0 Å². The fraction of sp³-hybridized carbons (Fsp3) is 0.412. The van der Waals surface area contributed by atoms with Gasteiger partial charge in [-0.25, -0.2) is 0 Å². The van der Waals surface area contributed by atoms with Crippen molar-refractivity contribution in [2.24, 2.45) is 5.41 Å². The van der Waals surface area contributed by atoms with Crippen molar-refractivity contribution in [3.63, 3.8) is 0 Å². The molecule has 0 N–H and O–H groups in total. The van der Waals surface area contributed by atoms with Crippen molar-refractivity contribution in [1.82, 2.24) is 0 Å². The summed E-state index contributed by atoms with van der Waals surface area (Å²) in [6.07, 6.45) is 14.8. The van der Waals surface area contributed by atoms with Crippen LogP contribution in [0.25, 0.3) is 0 Å². The third-order valence-electron chi connectivity index (χ3n) is 2.28. The summed E-state index contributed by atoms with van der Waals surface area (Å²) < 4.78 is 0. The molecule has 1 aliphatic rings. The molecule has 1 rings (SSSR count). The standard InChI is InChI=1S/C14H18.C2H6.CH4/c1-5-7-13-9-11-14(3,4)10-8-12(13)6-2;1-2;/h5-11H,2H2,1,3-4H3;1-2H3;1H4/b7-5-;;. The minimum atomic E-state index is 0. The van der Waals surface area contributed by atoms with Crippen molar-refractivity contribution in [2.75, 3.05) is 0 Å². The van der Waals surface area contributed by atoms with Crippen LogP contribution in [0.1, 0.15) is 42.0 Å². The summed E-state index contributed by atoms with van der Waals surface area (Å²) in [7, 11) is 0. The van der Waals surface area contributed by atoms with E-state index in [2.05, 4.69) is 56.9 Å². The molecule has 0 unspecified atom stereocenters. The third kappa shape index (κ3) is 6.11. The zero-order valence-electron chi connectivity index (χ0n) is 11.2. The molecule has 0 aromatic rings. The Bertz CT molecular complexity index is 333. The molecule has 96 valence electrons. The van der Waals surface area contributed by atoms with Crippen LogP contribution in [0.5, 0.6) is 0 Å². The highest BCUT2D eigenvalue weighted by Gasteiger charge is 2.11. The molecule has 0 spiro atoms. The smallest absolute Gasteiger partial charge is 0.00111 e. The first-order valence-corrected chi connectivity index (χ1v) is 5.97. The Morgan fingerprint density at radius 1 is 1.06 bits per heavy atom. The van der Waals surface area contributed by atoms with Crippen LogP contribution in [0.15, 0.2) is 60.3 Å². The fourth-order valence-corrected chi connectivity index (χ4v) is 1.37. The Labute approximate surface area is 108 Å². The van der Waals surface area contributed by atoms with Gasteiger partial charge in [0.1, 0.15) is 0 Å². The second-order valence-corrected chi connectivity index (χ2v) is 4.10. The average molecular weight is 232 g/mol. The first kappa shape index (κ1) is 18.1. The normalized spacial score (nSPS) is 17.0. The van der Waals surface area contributed by atoms with Gasteiger partial charge in [-0.3, -0.25) is 0 Å². The van der Waals surface area contributed by atoms with E-state index in [0.717, 1.165) is 0 Å². The Kier molecular flexibility index (Phi) is 9.36. The predicted octanol–water partition coefficient (Wildman–Crippen LogP) is 5.86. The lowest BCUT2D eigenvalue weighted by Crippen LogP contribution is -2.00. The van der Waals surface area contributed by atoms with Gasteiger partial charge in [-0.2, -0.15) is 0 Å². The number of allylic oxidation sites excluding steroid dienone is 9.